The number of rotatable bonds is 4. The molecule has 0 bridgehead atoms. The van der Waals surface area contributed by atoms with Gasteiger partial charge in [0.25, 0.3) is 11.8 Å². The average Bonchev–Trinajstić information content (AvgIpc) is 2.54. The smallest absolute Gasteiger partial charge is 0.255 e. The van der Waals surface area contributed by atoms with E-state index in [1.165, 1.54) is 5.56 Å². The van der Waals surface area contributed by atoms with Gasteiger partial charge in [-0.05, 0) is 49.1 Å². The maximum absolute atomic E-state index is 12.5. The highest BCUT2D eigenvalue weighted by molar-refractivity contribution is 6.09. The van der Waals surface area contributed by atoms with Crippen molar-refractivity contribution in [2.24, 2.45) is 0 Å². The molecule has 4 heteroatoms. The second-order valence-electron chi connectivity index (χ2n) is 7.46. The molecular formula is C21H26N2O2. The third kappa shape index (κ3) is 4.92. The van der Waals surface area contributed by atoms with Gasteiger partial charge in [0.1, 0.15) is 0 Å². The van der Waals surface area contributed by atoms with Crippen LogP contribution in [0, 0.1) is 0 Å². The molecule has 0 unspecified atom stereocenters. The summed E-state index contributed by atoms with van der Waals surface area (Å²) in [5, 5.41) is 5.69. The normalized spacial score (nSPS) is 11.3. The van der Waals surface area contributed by atoms with E-state index in [-0.39, 0.29) is 23.3 Å². The molecule has 0 aliphatic heterocycles. The molecule has 2 aromatic rings. The van der Waals surface area contributed by atoms with Crippen LogP contribution in [0.4, 0.5) is 5.69 Å². The van der Waals surface area contributed by atoms with Gasteiger partial charge >= 0.3 is 0 Å². The lowest BCUT2D eigenvalue weighted by atomic mass is 9.86. The molecule has 0 fully saturated rings. The van der Waals surface area contributed by atoms with Crippen molar-refractivity contribution in [2.45, 2.75) is 46.1 Å². The molecule has 2 rings (SSSR count). The number of anilines is 1. The summed E-state index contributed by atoms with van der Waals surface area (Å²) in [7, 11) is 0. The number of carbonyl (C=O) groups is 2. The van der Waals surface area contributed by atoms with Gasteiger partial charge in [-0.15, -0.1) is 0 Å². The molecular weight excluding hydrogens is 312 g/mol. The van der Waals surface area contributed by atoms with Gasteiger partial charge in [-0.1, -0.05) is 45.0 Å². The molecule has 0 aliphatic rings. The van der Waals surface area contributed by atoms with Crippen LogP contribution in [0.2, 0.25) is 0 Å². The van der Waals surface area contributed by atoms with Crippen molar-refractivity contribution < 1.29 is 9.59 Å². The summed E-state index contributed by atoms with van der Waals surface area (Å²) in [6.45, 7) is 10.2. The van der Waals surface area contributed by atoms with Gasteiger partial charge < -0.3 is 10.6 Å². The third-order valence-corrected chi connectivity index (χ3v) is 3.85. The number of para-hydroxylation sites is 1. The second-order valence-corrected chi connectivity index (χ2v) is 7.46. The largest absolute Gasteiger partial charge is 0.350 e. The maximum atomic E-state index is 12.5. The summed E-state index contributed by atoms with van der Waals surface area (Å²) in [5.41, 5.74) is 2.73. The Hall–Kier alpha value is -2.62. The molecule has 4 nitrogen and oxygen atoms in total. The fraction of sp³-hybridized carbons (Fsp3) is 0.333. The second kappa shape index (κ2) is 7.51. The molecule has 132 valence electrons. The number of carbonyl (C=O) groups excluding carboxylic acids is 2. The molecule has 0 heterocycles. The summed E-state index contributed by atoms with van der Waals surface area (Å²) >= 11 is 0. The number of hydrogen-bond donors (Lipinski definition) is 2. The van der Waals surface area contributed by atoms with E-state index in [1.54, 1.807) is 24.3 Å². The Balaban J connectivity index is 2.20. The topological polar surface area (TPSA) is 58.2 Å². The number of nitrogens with one attached hydrogen (secondary N) is 2. The Kier molecular flexibility index (Phi) is 5.62. The number of amides is 2. The molecule has 2 N–H and O–H groups in total. The molecule has 2 aromatic carbocycles. The van der Waals surface area contributed by atoms with Crippen LogP contribution in [0.1, 0.15) is 60.9 Å². The van der Waals surface area contributed by atoms with E-state index in [0.29, 0.717) is 16.8 Å². The molecule has 0 spiro atoms. The van der Waals surface area contributed by atoms with Gasteiger partial charge in [-0.3, -0.25) is 9.59 Å². The van der Waals surface area contributed by atoms with Gasteiger partial charge in [0.15, 0.2) is 0 Å². The van der Waals surface area contributed by atoms with Crippen LogP contribution < -0.4 is 10.6 Å². The van der Waals surface area contributed by atoms with Gasteiger partial charge in [-0.2, -0.15) is 0 Å². The quantitative estimate of drug-likeness (QED) is 0.869. The van der Waals surface area contributed by atoms with Crippen molar-refractivity contribution >= 4 is 17.5 Å². The standard InChI is InChI=1S/C21H26N2O2/c1-14(2)22-20(25)17-8-6-7-9-18(17)23-19(24)15-10-12-16(13-11-15)21(3,4)5/h6-14H,1-5H3,(H,22,25)(H,23,24). The highest BCUT2D eigenvalue weighted by Gasteiger charge is 2.16. The molecule has 0 aliphatic carbocycles. The van der Waals surface area contributed by atoms with Gasteiger partial charge in [0, 0.05) is 11.6 Å². The Morgan fingerprint density at radius 1 is 0.880 bits per heavy atom. The monoisotopic (exact) mass is 338 g/mol. The van der Waals surface area contributed by atoms with E-state index >= 15 is 0 Å². The highest BCUT2D eigenvalue weighted by atomic mass is 16.2. The van der Waals surface area contributed by atoms with Crippen molar-refractivity contribution in [2.75, 3.05) is 5.32 Å². The summed E-state index contributed by atoms with van der Waals surface area (Å²) in [5.74, 6) is -0.431. The number of hydrogen-bond acceptors (Lipinski definition) is 2. The summed E-state index contributed by atoms with van der Waals surface area (Å²) in [4.78, 5) is 24.8. The first-order chi connectivity index (χ1) is 11.7. The fourth-order valence-electron chi connectivity index (χ4n) is 2.45. The van der Waals surface area contributed by atoms with Crippen molar-refractivity contribution in [3.8, 4) is 0 Å². The Bertz CT molecular complexity index is 756. The van der Waals surface area contributed by atoms with E-state index in [4.69, 9.17) is 0 Å². The third-order valence-electron chi connectivity index (χ3n) is 3.85. The minimum absolute atomic E-state index is 0.0289. The lowest BCUT2D eigenvalue weighted by molar-refractivity contribution is 0.0944. The highest BCUT2D eigenvalue weighted by Crippen LogP contribution is 2.23. The van der Waals surface area contributed by atoms with E-state index in [2.05, 4.69) is 31.4 Å². The van der Waals surface area contributed by atoms with Crippen LogP contribution in [-0.2, 0) is 5.41 Å². The zero-order chi connectivity index (χ0) is 18.6. The number of benzene rings is 2. The van der Waals surface area contributed by atoms with E-state index in [0.717, 1.165) is 0 Å². The van der Waals surface area contributed by atoms with Gasteiger partial charge in [0.05, 0.1) is 11.3 Å². The first kappa shape index (κ1) is 18.7. The summed E-state index contributed by atoms with van der Waals surface area (Å²) in [6, 6.07) is 14.6. The summed E-state index contributed by atoms with van der Waals surface area (Å²) < 4.78 is 0. The van der Waals surface area contributed by atoms with E-state index in [1.807, 2.05) is 38.1 Å². The Morgan fingerprint density at radius 3 is 2.04 bits per heavy atom. The van der Waals surface area contributed by atoms with Crippen LogP contribution in [0.25, 0.3) is 0 Å². The lowest BCUT2D eigenvalue weighted by Gasteiger charge is -2.19. The van der Waals surface area contributed by atoms with E-state index in [9.17, 15) is 9.59 Å². The van der Waals surface area contributed by atoms with E-state index < -0.39 is 0 Å². The zero-order valence-electron chi connectivity index (χ0n) is 15.5. The molecule has 25 heavy (non-hydrogen) atoms. The molecule has 0 radical (unpaired) electrons. The first-order valence-electron chi connectivity index (χ1n) is 8.50. The SMILES string of the molecule is CC(C)NC(=O)c1ccccc1NC(=O)c1ccc(C(C)(C)C)cc1. The van der Waals surface area contributed by atoms with Crippen molar-refractivity contribution in [3.63, 3.8) is 0 Å². The van der Waals surface area contributed by atoms with Crippen LogP contribution in [-0.4, -0.2) is 17.9 Å². The molecule has 0 saturated heterocycles. The Labute approximate surface area is 149 Å². The molecule has 0 saturated carbocycles. The van der Waals surface area contributed by atoms with Crippen LogP contribution in [0.15, 0.2) is 48.5 Å². The lowest BCUT2D eigenvalue weighted by Crippen LogP contribution is -2.31. The van der Waals surface area contributed by atoms with Crippen LogP contribution in [0.3, 0.4) is 0 Å². The van der Waals surface area contributed by atoms with Crippen molar-refractivity contribution in [1.82, 2.24) is 5.32 Å². The van der Waals surface area contributed by atoms with Crippen LogP contribution >= 0.6 is 0 Å². The molecule has 2 amide bonds. The molecule has 0 aromatic heterocycles. The van der Waals surface area contributed by atoms with Gasteiger partial charge in [0.2, 0.25) is 0 Å². The maximum Gasteiger partial charge on any atom is 0.255 e. The van der Waals surface area contributed by atoms with Crippen molar-refractivity contribution in [3.05, 3.63) is 65.2 Å². The van der Waals surface area contributed by atoms with Crippen molar-refractivity contribution in [1.29, 1.82) is 0 Å². The summed E-state index contributed by atoms with van der Waals surface area (Å²) in [6.07, 6.45) is 0. The predicted molar refractivity (Wildman–Crippen MR) is 102 cm³/mol. The van der Waals surface area contributed by atoms with Gasteiger partial charge in [-0.25, -0.2) is 0 Å². The minimum Gasteiger partial charge on any atom is -0.350 e. The Morgan fingerprint density at radius 2 is 1.48 bits per heavy atom. The first-order valence-corrected chi connectivity index (χ1v) is 8.50. The predicted octanol–water partition coefficient (Wildman–Crippen LogP) is 4.37. The minimum atomic E-state index is -0.231. The average molecular weight is 338 g/mol. The fourth-order valence-corrected chi connectivity index (χ4v) is 2.45. The zero-order valence-corrected chi connectivity index (χ0v) is 15.5. The molecule has 0 atom stereocenters. The van der Waals surface area contributed by atoms with Crippen LogP contribution in [0.5, 0.6) is 0 Å².